The van der Waals surface area contributed by atoms with E-state index >= 15 is 0 Å². The van der Waals surface area contributed by atoms with Crippen molar-refractivity contribution in [3.05, 3.63) is 29.8 Å². The summed E-state index contributed by atoms with van der Waals surface area (Å²) in [6.07, 6.45) is 1.24. The molecule has 116 valence electrons. The molecule has 1 atom stereocenters. The average Bonchev–Trinajstić information content (AvgIpc) is 2.40. The molecular formula is C16H24N2O3. The topological polar surface area (TPSA) is 83.6 Å². The minimum absolute atomic E-state index is 0.109. The summed E-state index contributed by atoms with van der Waals surface area (Å²) in [7, 11) is 0. The second-order valence-electron chi connectivity index (χ2n) is 5.55. The number of hydrogen-bond acceptors (Lipinski definition) is 3. The van der Waals surface area contributed by atoms with Crippen LogP contribution in [0.1, 0.15) is 38.7 Å². The van der Waals surface area contributed by atoms with Crippen molar-refractivity contribution in [2.75, 3.05) is 11.4 Å². The molecule has 0 aromatic heterocycles. The highest BCUT2D eigenvalue weighted by molar-refractivity contribution is 6.00. The van der Waals surface area contributed by atoms with Crippen LogP contribution in [0.4, 0.5) is 5.69 Å². The first-order valence-electron chi connectivity index (χ1n) is 7.18. The molecule has 0 saturated carbocycles. The normalized spacial score (nSPS) is 13.5. The van der Waals surface area contributed by atoms with Crippen molar-refractivity contribution in [2.45, 2.75) is 45.6 Å². The summed E-state index contributed by atoms with van der Waals surface area (Å²) in [5.74, 6) is -1.17. The Bertz CT molecular complexity index is 512. The van der Waals surface area contributed by atoms with Crippen molar-refractivity contribution in [1.29, 1.82) is 0 Å². The van der Waals surface area contributed by atoms with Crippen molar-refractivity contribution in [1.82, 2.24) is 0 Å². The number of carbonyl (C=O) groups excluding carboxylic acids is 1. The Kier molecular flexibility index (Phi) is 5.90. The van der Waals surface area contributed by atoms with E-state index < -0.39 is 11.5 Å². The third-order valence-corrected chi connectivity index (χ3v) is 3.46. The number of carbonyl (C=O) groups is 2. The number of hydrogen-bond donors (Lipinski definition) is 2. The average molecular weight is 292 g/mol. The molecule has 5 nitrogen and oxygen atoms in total. The number of rotatable bonds is 7. The Morgan fingerprint density at radius 3 is 2.48 bits per heavy atom. The van der Waals surface area contributed by atoms with Crippen LogP contribution in [0, 0.1) is 6.92 Å². The molecule has 0 spiro atoms. The minimum atomic E-state index is -0.991. The summed E-state index contributed by atoms with van der Waals surface area (Å²) in [5, 5.41) is 8.90. The first kappa shape index (κ1) is 17.2. The van der Waals surface area contributed by atoms with Crippen molar-refractivity contribution in [2.24, 2.45) is 5.73 Å². The van der Waals surface area contributed by atoms with Gasteiger partial charge in [0.15, 0.2) is 0 Å². The van der Waals surface area contributed by atoms with Gasteiger partial charge in [-0.1, -0.05) is 31.5 Å². The molecule has 0 radical (unpaired) electrons. The van der Waals surface area contributed by atoms with Crippen LogP contribution in [0.15, 0.2) is 24.3 Å². The van der Waals surface area contributed by atoms with Gasteiger partial charge in [0.25, 0.3) is 0 Å². The number of nitrogens with zero attached hydrogens (tertiary/aromatic N) is 1. The van der Waals surface area contributed by atoms with Gasteiger partial charge in [0.2, 0.25) is 5.91 Å². The highest BCUT2D eigenvalue weighted by Gasteiger charge is 2.33. The first-order valence-corrected chi connectivity index (χ1v) is 7.18. The Labute approximate surface area is 125 Å². The summed E-state index contributed by atoms with van der Waals surface area (Å²) in [6, 6.07) is 7.42. The zero-order valence-corrected chi connectivity index (χ0v) is 12.9. The van der Waals surface area contributed by atoms with Crippen molar-refractivity contribution < 1.29 is 14.7 Å². The Morgan fingerprint density at radius 2 is 1.95 bits per heavy atom. The quantitative estimate of drug-likeness (QED) is 0.808. The molecule has 0 aliphatic rings. The van der Waals surface area contributed by atoms with Crippen LogP contribution in [0.25, 0.3) is 0 Å². The smallest absolute Gasteiger partial charge is 0.305 e. The second kappa shape index (κ2) is 7.22. The number of anilines is 1. The van der Waals surface area contributed by atoms with Gasteiger partial charge in [-0.2, -0.15) is 0 Å². The molecule has 0 aliphatic carbocycles. The molecule has 3 N–H and O–H groups in total. The molecule has 0 heterocycles. The minimum Gasteiger partial charge on any atom is -0.481 e. The van der Waals surface area contributed by atoms with Crippen LogP contribution in [-0.2, 0) is 9.59 Å². The first-order chi connectivity index (χ1) is 9.79. The maximum absolute atomic E-state index is 12.7. The molecular weight excluding hydrogens is 268 g/mol. The maximum atomic E-state index is 12.7. The third kappa shape index (κ3) is 4.56. The number of carboxylic acids is 1. The standard InChI is InChI=1S/C16H24N2O3/c1-4-10-16(3,17)15(21)18(11-9-14(19)20)13-8-6-5-7-12(13)2/h5-8H,4,9-11,17H2,1-3H3,(H,19,20). The fourth-order valence-corrected chi connectivity index (χ4v) is 2.34. The fourth-order valence-electron chi connectivity index (χ4n) is 2.34. The number of aliphatic carboxylic acids is 1. The summed E-state index contributed by atoms with van der Waals surface area (Å²) in [6.45, 7) is 5.68. The van der Waals surface area contributed by atoms with Crippen LogP contribution >= 0.6 is 0 Å². The van der Waals surface area contributed by atoms with Gasteiger partial charge in [0.05, 0.1) is 12.0 Å². The van der Waals surface area contributed by atoms with Gasteiger partial charge in [-0.05, 0) is 31.9 Å². The van der Waals surface area contributed by atoms with Crippen LogP contribution in [0.2, 0.25) is 0 Å². The fraction of sp³-hybridized carbons (Fsp3) is 0.500. The largest absolute Gasteiger partial charge is 0.481 e. The lowest BCUT2D eigenvalue weighted by Gasteiger charge is -2.32. The third-order valence-electron chi connectivity index (χ3n) is 3.46. The van der Waals surface area contributed by atoms with E-state index in [1.807, 2.05) is 38.1 Å². The van der Waals surface area contributed by atoms with Crippen molar-refractivity contribution >= 4 is 17.6 Å². The number of nitrogens with two attached hydrogens (primary N) is 1. The number of benzene rings is 1. The molecule has 0 aliphatic heterocycles. The van der Waals surface area contributed by atoms with Crippen molar-refractivity contribution in [3.63, 3.8) is 0 Å². The molecule has 0 saturated heterocycles. The van der Waals surface area contributed by atoms with Gasteiger partial charge in [0, 0.05) is 12.2 Å². The van der Waals surface area contributed by atoms with E-state index in [0.29, 0.717) is 6.42 Å². The van der Waals surface area contributed by atoms with Gasteiger partial charge in [-0.3, -0.25) is 9.59 Å². The van der Waals surface area contributed by atoms with E-state index in [-0.39, 0.29) is 18.9 Å². The molecule has 1 aromatic carbocycles. The molecule has 0 bridgehead atoms. The van der Waals surface area contributed by atoms with E-state index in [4.69, 9.17) is 10.8 Å². The van der Waals surface area contributed by atoms with Gasteiger partial charge in [0.1, 0.15) is 0 Å². The van der Waals surface area contributed by atoms with E-state index in [9.17, 15) is 9.59 Å². The number of carboxylic acid groups (broad SMARTS) is 1. The lowest BCUT2D eigenvalue weighted by atomic mass is 9.95. The van der Waals surface area contributed by atoms with Crippen molar-refractivity contribution in [3.8, 4) is 0 Å². The molecule has 5 heteroatoms. The highest BCUT2D eigenvalue weighted by atomic mass is 16.4. The predicted octanol–water partition coefficient (Wildman–Crippen LogP) is 2.32. The lowest BCUT2D eigenvalue weighted by Crippen LogP contribution is -2.54. The zero-order valence-electron chi connectivity index (χ0n) is 12.9. The summed E-state index contributed by atoms with van der Waals surface area (Å²) in [5.41, 5.74) is 6.78. The Hall–Kier alpha value is -1.88. The Balaban J connectivity index is 3.11. The molecule has 1 unspecified atom stereocenters. The predicted molar refractivity (Wildman–Crippen MR) is 83.3 cm³/mol. The maximum Gasteiger partial charge on any atom is 0.305 e. The van der Waals surface area contributed by atoms with Gasteiger partial charge < -0.3 is 15.7 Å². The zero-order chi connectivity index (χ0) is 16.0. The molecule has 21 heavy (non-hydrogen) atoms. The van der Waals surface area contributed by atoms with E-state index in [1.165, 1.54) is 4.90 Å². The van der Waals surface area contributed by atoms with Crippen LogP contribution in [0.5, 0.6) is 0 Å². The number of amides is 1. The highest BCUT2D eigenvalue weighted by Crippen LogP contribution is 2.24. The van der Waals surface area contributed by atoms with E-state index in [1.54, 1.807) is 6.92 Å². The van der Waals surface area contributed by atoms with Crippen LogP contribution in [0.3, 0.4) is 0 Å². The van der Waals surface area contributed by atoms with Gasteiger partial charge in [-0.15, -0.1) is 0 Å². The molecule has 1 amide bonds. The summed E-state index contributed by atoms with van der Waals surface area (Å²) in [4.78, 5) is 25.1. The SMILES string of the molecule is CCCC(C)(N)C(=O)N(CCC(=O)O)c1ccccc1C. The van der Waals surface area contributed by atoms with E-state index in [2.05, 4.69) is 0 Å². The van der Waals surface area contributed by atoms with Gasteiger partial charge in [-0.25, -0.2) is 0 Å². The monoisotopic (exact) mass is 292 g/mol. The van der Waals surface area contributed by atoms with E-state index in [0.717, 1.165) is 17.7 Å². The van der Waals surface area contributed by atoms with Crippen LogP contribution in [-0.4, -0.2) is 29.1 Å². The number of para-hydroxylation sites is 1. The molecule has 0 fully saturated rings. The number of aryl methyl sites for hydroxylation is 1. The van der Waals surface area contributed by atoms with Gasteiger partial charge >= 0.3 is 5.97 Å². The summed E-state index contributed by atoms with van der Waals surface area (Å²) < 4.78 is 0. The molecule has 1 aromatic rings. The Morgan fingerprint density at radius 1 is 1.33 bits per heavy atom. The van der Waals surface area contributed by atoms with Crippen LogP contribution < -0.4 is 10.6 Å². The summed E-state index contributed by atoms with van der Waals surface area (Å²) >= 11 is 0. The molecule has 1 rings (SSSR count). The second-order valence-corrected chi connectivity index (χ2v) is 5.55. The lowest BCUT2D eigenvalue weighted by molar-refractivity contribution is -0.136.